The van der Waals surface area contributed by atoms with E-state index in [1.807, 2.05) is 54.6 Å². The molecule has 1 N–H and O–H groups in total. The van der Waals surface area contributed by atoms with Gasteiger partial charge in [-0.05, 0) is 23.8 Å². The van der Waals surface area contributed by atoms with Crippen molar-refractivity contribution in [3.8, 4) is 5.75 Å². The molecule has 6 nitrogen and oxygen atoms in total. The molecule has 148 valence electrons. The molecule has 1 aromatic heterocycles. The Kier molecular flexibility index (Phi) is 5.19. The zero-order chi connectivity index (χ0) is 21.1. The van der Waals surface area contributed by atoms with Crippen LogP contribution >= 0.6 is 0 Å². The second-order valence-electron chi connectivity index (χ2n) is 6.87. The largest absolute Gasteiger partial charge is 0.497 e. The Balaban J connectivity index is 1.78. The molecule has 0 saturated carbocycles. The smallest absolute Gasteiger partial charge is 0.210 e. The fourth-order valence-electron chi connectivity index (χ4n) is 3.46. The van der Waals surface area contributed by atoms with E-state index in [9.17, 15) is 4.79 Å². The van der Waals surface area contributed by atoms with Crippen molar-refractivity contribution in [2.45, 2.75) is 6.04 Å². The van der Waals surface area contributed by atoms with E-state index in [4.69, 9.17) is 11.3 Å². The molecule has 0 amide bonds. The number of Topliss-reactive ketones (excluding diaryl/α,β-unsaturated/α-hetero) is 1. The van der Waals surface area contributed by atoms with Gasteiger partial charge in [-0.2, -0.15) is 5.10 Å². The molecular weight excluding hydrogens is 376 g/mol. The van der Waals surface area contributed by atoms with Crippen molar-refractivity contribution >= 4 is 28.1 Å². The monoisotopic (exact) mass is 396 g/mol. The molecule has 1 heterocycles. The first-order valence-electron chi connectivity index (χ1n) is 9.44. The molecule has 0 aliphatic carbocycles. The summed E-state index contributed by atoms with van der Waals surface area (Å²) < 4.78 is 6.95. The summed E-state index contributed by atoms with van der Waals surface area (Å²) in [5, 5.41) is 8.55. The minimum Gasteiger partial charge on any atom is -0.497 e. The van der Waals surface area contributed by atoms with Crippen molar-refractivity contribution < 1.29 is 9.53 Å². The molecular formula is C24H20N4O2. The van der Waals surface area contributed by atoms with Crippen molar-refractivity contribution in [1.29, 1.82) is 0 Å². The molecule has 1 atom stereocenters. The predicted octanol–water partition coefficient (Wildman–Crippen LogP) is 5.17. The second-order valence-corrected chi connectivity index (χ2v) is 6.87. The van der Waals surface area contributed by atoms with Gasteiger partial charge in [0.05, 0.1) is 19.2 Å². The molecule has 0 bridgehead atoms. The first kappa shape index (κ1) is 19.2. The highest BCUT2D eigenvalue weighted by molar-refractivity contribution is 6.10. The number of nitrogens with one attached hydrogen (secondary N) is 1. The highest BCUT2D eigenvalue weighted by atomic mass is 16.5. The standard InChI is InChI=1S/C24H20N4O2/c1-25-17-12-13-20-21(15-17)28(2)27-23(20)24(29)22(16-8-5-4-6-9-16)26-18-10-7-11-19(14-18)30-3/h4-15,22,26H,2-3H3. The fraction of sp³-hybridized carbons (Fsp3) is 0.125. The Bertz CT molecular complexity index is 1260. The number of methoxy groups -OCH3 is 1. The van der Waals surface area contributed by atoms with Crippen LogP contribution in [-0.4, -0.2) is 22.7 Å². The van der Waals surface area contributed by atoms with Gasteiger partial charge in [0.25, 0.3) is 0 Å². The summed E-state index contributed by atoms with van der Waals surface area (Å²) in [6, 6.07) is 21.6. The van der Waals surface area contributed by atoms with Gasteiger partial charge in [0.2, 0.25) is 5.78 Å². The summed E-state index contributed by atoms with van der Waals surface area (Å²) in [6.07, 6.45) is 0. The third-order valence-corrected chi connectivity index (χ3v) is 4.97. The van der Waals surface area contributed by atoms with Crippen LogP contribution in [0.3, 0.4) is 0 Å². The van der Waals surface area contributed by atoms with E-state index < -0.39 is 6.04 Å². The van der Waals surface area contributed by atoms with E-state index >= 15 is 0 Å². The molecule has 30 heavy (non-hydrogen) atoms. The molecule has 0 fully saturated rings. The number of carbonyl (C=O) groups excluding carboxylic acids is 1. The molecule has 4 rings (SSSR count). The molecule has 4 aromatic rings. The number of fused-ring (bicyclic) bond motifs is 1. The Morgan fingerprint density at radius 3 is 2.63 bits per heavy atom. The van der Waals surface area contributed by atoms with Gasteiger partial charge in [-0.15, -0.1) is 0 Å². The van der Waals surface area contributed by atoms with Crippen LogP contribution in [0.4, 0.5) is 11.4 Å². The minimum atomic E-state index is -0.628. The van der Waals surface area contributed by atoms with Gasteiger partial charge in [-0.1, -0.05) is 48.5 Å². The van der Waals surface area contributed by atoms with Crippen LogP contribution in [-0.2, 0) is 7.05 Å². The number of nitrogens with zero attached hydrogens (tertiary/aromatic N) is 3. The van der Waals surface area contributed by atoms with Crippen molar-refractivity contribution in [3.63, 3.8) is 0 Å². The van der Waals surface area contributed by atoms with Gasteiger partial charge in [0.15, 0.2) is 5.69 Å². The zero-order valence-corrected chi connectivity index (χ0v) is 16.7. The lowest BCUT2D eigenvalue weighted by atomic mass is 9.98. The maximum absolute atomic E-state index is 13.7. The molecule has 0 aliphatic rings. The third kappa shape index (κ3) is 3.61. The molecule has 0 radical (unpaired) electrons. The molecule has 0 saturated heterocycles. The van der Waals surface area contributed by atoms with E-state index in [-0.39, 0.29) is 5.78 Å². The van der Waals surface area contributed by atoms with Crippen LogP contribution in [0.5, 0.6) is 5.75 Å². The summed E-state index contributed by atoms with van der Waals surface area (Å²) in [4.78, 5) is 17.1. The Hall–Kier alpha value is -4.11. The first-order chi connectivity index (χ1) is 14.6. The van der Waals surface area contributed by atoms with Gasteiger partial charge >= 0.3 is 0 Å². The molecule has 0 aliphatic heterocycles. The van der Waals surface area contributed by atoms with Gasteiger partial charge in [0.1, 0.15) is 17.5 Å². The lowest BCUT2D eigenvalue weighted by Gasteiger charge is -2.19. The highest BCUT2D eigenvalue weighted by Gasteiger charge is 2.26. The van der Waals surface area contributed by atoms with Gasteiger partial charge in [-0.3, -0.25) is 9.48 Å². The average Bonchev–Trinajstić information content (AvgIpc) is 3.13. The number of ether oxygens (including phenoxy) is 1. The van der Waals surface area contributed by atoms with Gasteiger partial charge in [0, 0.05) is 24.2 Å². The topological polar surface area (TPSA) is 60.5 Å². The number of aromatic nitrogens is 2. The number of hydrogen-bond acceptors (Lipinski definition) is 4. The Morgan fingerprint density at radius 1 is 1.10 bits per heavy atom. The number of ketones is 1. The van der Waals surface area contributed by atoms with Crippen molar-refractivity contribution in [1.82, 2.24) is 9.78 Å². The maximum Gasteiger partial charge on any atom is 0.210 e. The van der Waals surface area contributed by atoms with Crippen LogP contribution in [0, 0.1) is 6.57 Å². The number of benzene rings is 3. The molecule has 0 spiro atoms. The summed E-state index contributed by atoms with van der Waals surface area (Å²) in [6.45, 7) is 7.23. The zero-order valence-electron chi connectivity index (χ0n) is 16.7. The lowest BCUT2D eigenvalue weighted by Crippen LogP contribution is -2.22. The van der Waals surface area contributed by atoms with E-state index in [0.717, 1.165) is 22.2 Å². The Morgan fingerprint density at radius 2 is 1.90 bits per heavy atom. The van der Waals surface area contributed by atoms with E-state index in [1.165, 1.54) is 0 Å². The third-order valence-electron chi connectivity index (χ3n) is 4.97. The minimum absolute atomic E-state index is 0.148. The van der Waals surface area contributed by atoms with Crippen molar-refractivity contribution in [2.24, 2.45) is 7.05 Å². The molecule has 3 aromatic carbocycles. The number of carbonyl (C=O) groups is 1. The van der Waals surface area contributed by atoms with Crippen LogP contribution in [0.15, 0.2) is 72.8 Å². The summed E-state index contributed by atoms with van der Waals surface area (Å²) in [5.74, 6) is 0.555. The van der Waals surface area contributed by atoms with Crippen LogP contribution in [0.2, 0.25) is 0 Å². The predicted molar refractivity (Wildman–Crippen MR) is 117 cm³/mol. The van der Waals surface area contributed by atoms with Crippen LogP contribution < -0.4 is 10.1 Å². The number of aryl methyl sites for hydroxylation is 1. The van der Waals surface area contributed by atoms with Gasteiger partial charge in [-0.25, -0.2) is 4.85 Å². The lowest BCUT2D eigenvalue weighted by molar-refractivity contribution is 0.0965. The summed E-state index contributed by atoms with van der Waals surface area (Å²) in [5.41, 5.74) is 3.24. The first-order valence-corrected chi connectivity index (χ1v) is 9.44. The van der Waals surface area contributed by atoms with Gasteiger partial charge < -0.3 is 10.1 Å². The molecule has 1 unspecified atom stereocenters. The Labute approximate surface area is 174 Å². The van der Waals surface area contributed by atoms with Crippen molar-refractivity contribution in [3.05, 3.63) is 95.5 Å². The SMILES string of the molecule is [C-]#[N+]c1ccc2c(C(=O)C(Nc3cccc(OC)c3)c3ccccc3)nn(C)c2c1. The summed E-state index contributed by atoms with van der Waals surface area (Å²) >= 11 is 0. The average molecular weight is 396 g/mol. The summed E-state index contributed by atoms with van der Waals surface area (Å²) in [7, 11) is 3.39. The fourth-order valence-corrected chi connectivity index (χ4v) is 3.46. The number of rotatable bonds is 6. The second kappa shape index (κ2) is 8.10. The van der Waals surface area contributed by atoms with Crippen molar-refractivity contribution in [2.75, 3.05) is 12.4 Å². The van der Waals surface area contributed by atoms with E-state index in [2.05, 4.69) is 15.3 Å². The van der Waals surface area contributed by atoms with Crippen LogP contribution in [0.25, 0.3) is 15.7 Å². The maximum atomic E-state index is 13.7. The van der Waals surface area contributed by atoms with E-state index in [0.29, 0.717) is 17.1 Å². The normalized spacial score (nSPS) is 11.6. The number of hydrogen-bond donors (Lipinski definition) is 1. The highest BCUT2D eigenvalue weighted by Crippen LogP contribution is 2.30. The molecule has 6 heteroatoms. The number of anilines is 1. The van der Waals surface area contributed by atoms with Crippen LogP contribution in [0.1, 0.15) is 22.1 Å². The quantitative estimate of drug-likeness (QED) is 0.361. The van der Waals surface area contributed by atoms with E-state index in [1.54, 1.807) is 37.0 Å².